The zero-order valence-corrected chi connectivity index (χ0v) is 14.6. The average molecular weight is 338 g/mol. The van der Waals surface area contributed by atoms with E-state index in [0.29, 0.717) is 19.8 Å². The summed E-state index contributed by atoms with van der Waals surface area (Å²) < 4.78 is 11.1. The second-order valence-electron chi connectivity index (χ2n) is 6.55. The highest BCUT2D eigenvalue weighted by atomic mass is 32.1. The average Bonchev–Trinajstić information content (AvgIpc) is 3.13. The van der Waals surface area contributed by atoms with E-state index in [9.17, 15) is 4.79 Å². The predicted octanol–water partition coefficient (Wildman–Crippen LogP) is 1.84. The molecule has 6 heteroatoms. The van der Waals surface area contributed by atoms with Crippen LogP contribution in [0.3, 0.4) is 0 Å². The van der Waals surface area contributed by atoms with Crippen LogP contribution in [-0.4, -0.2) is 68.3 Å². The van der Waals surface area contributed by atoms with Crippen molar-refractivity contribution in [3.8, 4) is 0 Å². The van der Waals surface area contributed by atoms with E-state index >= 15 is 0 Å². The van der Waals surface area contributed by atoms with Crippen LogP contribution in [0.4, 0.5) is 0 Å². The first-order valence-electron chi connectivity index (χ1n) is 8.39. The van der Waals surface area contributed by atoms with Crippen molar-refractivity contribution in [2.45, 2.75) is 19.9 Å². The number of nitrogens with zero attached hydrogens (tertiary/aromatic N) is 2. The molecule has 1 unspecified atom stereocenters. The smallest absolute Gasteiger partial charge is 0.248 e. The molecule has 2 aliphatic rings. The second-order valence-corrected chi connectivity index (χ2v) is 7.58. The van der Waals surface area contributed by atoms with Crippen molar-refractivity contribution in [1.82, 2.24) is 9.80 Å². The molecule has 0 bridgehead atoms. The van der Waals surface area contributed by atoms with Crippen LogP contribution in [0.2, 0.25) is 0 Å². The Labute approximate surface area is 142 Å². The summed E-state index contributed by atoms with van der Waals surface area (Å²) in [6.07, 6.45) is 1.09. The quantitative estimate of drug-likeness (QED) is 0.821. The normalized spacial score (nSPS) is 25.9. The lowest BCUT2D eigenvalue weighted by Crippen LogP contribution is -2.44. The highest BCUT2D eigenvalue weighted by molar-refractivity contribution is 7.09. The van der Waals surface area contributed by atoms with Gasteiger partial charge in [0.15, 0.2) is 0 Å². The maximum Gasteiger partial charge on any atom is 0.248 e. The van der Waals surface area contributed by atoms with Crippen molar-refractivity contribution < 1.29 is 14.3 Å². The van der Waals surface area contributed by atoms with E-state index in [1.54, 1.807) is 0 Å². The van der Waals surface area contributed by atoms with Gasteiger partial charge in [-0.15, -0.1) is 11.3 Å². The molecule has 0 aliphatic carbocycles. The maximum atomic E-state index is 12.3. The van der Waals surface area contributed by atoms with Crippen molar-refractivity contribution in [3.05, 3.63) is 22.4 Å². The molecule has 3 heterocycles. The van der Waals surface area contributed by atoms with Gasteiger partial charge in [-0.1, -0.05) is 6.07 Å². The predicted molar refractivity (Wildman–Crippen MR) is 90.5 cm³/mol. The standard InChI is InChI=1S/C17H26N2O3S/c1-2-21-11-16(20)19-7-8-22-14-17(13-19)5-6-18(12-17)10-15-4-3-9-23-15/h3-4,9H,2,5-8,10-14H2,1H3. The van der Waals surface area contributed by atoms with Gasteiger partial charge in [-0.3, -0.25) is 9.69 Å². The third-order valence-electron chi connectivity index (χ3n) is 4.70. The van der Waals surface area contributed by atoms with Crippen molar-refractivity contribution >= 4 is 17.2 Å². The van der Waals surface area contributed by atoms with Gasteiger partial charge in [0, 0.05) is 43.1 Å². The topological polar surface area (TPSA) is 42.0 Å². The van der Waals surface area contributed by atoms with Gasteiger partial charge in [0.25, 0.3) is 0 Å². The lowest BCUT2D eigenvalue weighted by atomic mass is 9.87. The molecule has 2 fully saturated rings. The summed E-state index contributed by atoms with van der Waals surface area (Å²) in [5.74, 6) is 0.0911. The fourth-order valence-electron chi connectivity index (χ4n) is 3.52. The molecule has 1 aromatic heterocycles. The van der Waals surface area contributed by atoms with Crippen molar-refractivity contribution in [2.24, 2.45) is 5.41 Å². The molecular weight excluding hydrogens is 312 g/mol. The Morgan fingerprint density at radius 3 is 3.13 bits per heavy atom. The summed E-state index contributed by atoms with van der Waals surface area (Å²) in [7, 11) is 0. The molecule has 23 heavy (non-hydrogen) atoms. The molecule has 0 radical (unpaired) electrons. The van der Waals surface area contributed by atoms with Crippen LogP contribution in [-0.2, 0) is 20.8 Å². The minimum atomic E-state index is 0.0790. The van der Waals surface area contributed by atoms with Gasteiger partial charge < -0.3 is 14.4 Å². The Bertz CT molecular complexity index is 508. The van der Waals surface area contributed by atoms with Crippen LogP contribution in [0.25, 0.3) is 0 Å². The van der Waals surface area contributed by atoms with Crippen LogP contribution in [0.1, 0.15) is 18.2 Å². The molecule has 0 saturated carbocycles. The van der Waals surface area contributed by atoms with Crippen LogP contribution in [0, 0.1) is 5.41 Å². The molecule has 3 rings (SSSR count). The van der Waals surface area contributed by atoms with Gasteiger partial charge in [0.05, 0.1) is 13.2 Å². The van der Waals surface area contributed by atoms with E-state index in [1.165, 1.54) is 4.88 Å². The molecule has 1 amide bonds. The molecule has 0 N–H and O–H groups in total. The molecule has 0 aromatic carbocycles. The summed E-state index contributed by atoms with van der Waals surface area (Å²) in [4.78, 5) is 18.2. The minimum absolute atomic E-state index is 0.0790. The zero-order valence-electron chi connectivity index (χ0n) is 13.8. The number of thiophene rings is 1. The SMILES string of the molecule is CCOCC(=O)N1CCOCC2(CCN(Cc3cccs3)C2)C1. The third-order valence-corrected chi connectivity index (χ3v) is 5.56. The monoisotopic (exact) mass is 338 g/mol. The fraction of sp³-hybridized carbons (Fsp3) is 0.706. The van der Waals surface area contributed by atoms with Crippen LogP contribution >= 0.6 is 11.3 Å². The van der Waals surface area contributed by atoms with Gasteiger partial charge in [0.2, 0.25) is 5.91 Å². The van der Waals surface area contributed by atoms with Crippen molar-refractivity contribution in [2.75, 3.05) is 52.6 Å². The molecule has 1 spiro atoms. The highest BCUT2D eigenvalue weighted by Gasteiger charge is 2.42. The molecule has 2 aliphatic heterocycles. The van der Waals surface area contributed by atoms with E-state index in [-0.39, 0.29) is 17.9 Å². The number of carbonyl (C=O) groups excluding carboxylic acids is 1. The van der Waals surface area contributed by atoms with E-state index in [4.69, 9.17) is 9.47 Å². The molecule has 2 saturated heterocycles. The molecule has 1 aromatic rings. The fourth-order valence-corrected chi connectivity index (χ4v) is 4.27. The Hall–Kier alpha value is -0.950. The first-order valence-corrected chi connectivity index (χ1v) is 9.27. The van der Waals surface area contributed by atoms with Gasteiger partial charge in [-0.2, -0.15) is 0 Å². The minimum Gasteiger partial charge on any atom is -0.379 e. The Balaban J connectivity index is 1.60. The van der Waals surface area contributed by atoms with E-state index in [2.05, 4.69) is 22.4 Å². The number of amides is 1. The Morgan fingerprint density at radius 1 is 1.43 bits per heavy atom. The summed E-state index contributed by atoms with van der Waals surface area (Å²) in [5, 5.41) is 2.13. The Kier molecular flexibility index (Phi) is 5.69. The first kappa shape index (κ1) is 16.9. The summed E-state index contributed by atoms with van der Waals surface area (Å²) in [6, 6.07) is 4.30. The van der Waals surface area contributed by atoms with Gasteiger partial charge in [-0.25, -0.2) is 0 Å². The van der Waals surface area contributed by atoms with Crippen molar-refractivity contribution in [3.63, 3.8) is 0 Å². The molecular formula is C17H26N2O3S. The number of carbonyl (C=O) groups is 1. The number of hydrogen-bond donors (Lipinski definition) is 0. The van der Waals surface area contributed by atoms with Gasteiger partial charge >= 0.3 is 0 Å². The lowest BCUT2D eigenvalue weighted by molar-refractivity contribution is -0.137. The number of likely N-dealkylation sites (tertiary alicyclic amines) is 1. The van der Waals surface area contributed by atoms with Crippen LogP contribution < -0.4 is 0 Å². The second kappa shape index (κ2) is 7.75. The summed E-state index contributed by atoms with van der Waals surface area (Å²) in [5.41, 5.74) is 0.0790. The van der Waals surface area contributed by atoms with E-state index < -0.39 is 0 Å². The van der Waals surface area contributed by atoms with Crippen LogP contribution in [0.5, 0.6) is 0 Å². The number of hydrogen-bond acceptors (Lipinski definition) is 5. The lowest BCUT2D eigenvalue weighted by Gasteiger charge is -2.32. The summed E-state index contributed by atoms with van der Waals surface area (Å²) in [6.45, 7) is 8.63. The molecule has 5 nitrogen and oxygen atoms in total. The van der Waals surface area contributed by atoms with Crippen LogP contribution in [0.15, 0.2) is 17.5 Å². The zero-order chi connectivity index (χ0) is 16.1. The van der Waals surface area contributed by atoms with Gasteiger partial charge in [0.1, 0.15) is 6.61 Å². The highest BCUT2D eigenvalue weighted by Crippen LogP contribution is 2.34. The maximum absolute atomic E-state index is 12.3. The Morgan fingerprint density at radius 2 is 2.35 bits per heavy atom. The van der Waals surface area contributed by atoms with E-state index in [0.717, 1.165) is 39.2 Å². The molecule has 128 valence electrons. The van der Waals surface area contributed by atoms with Crippen molar-refractivity contribution in [1.29, 1.82) is 0 Å². The molecule has 1 atom stereocenters. The third kappa shape index (κ3) is 4.32. The summed E-state index contributed by atoms with van der Waals surface area (Å²) >= 11 is 1.81. The first-order chi connectivity index (χ1) is 11.2. The van der Waals surface area contributed by atoms with E-state index in [1.807, 2.05) is 23.2 Å². The number of rotatable bonds is 5. The van der Waals surface area contributed by atoms with Gasteiger partial charge in [-0.05, 0) is 31.3 Å². The largest absolute Gasteiger partial charge is 0.379 e. The number of ether oxygens (including phenoxy) is 2.